The maximum absolute atomic E-state index is 2.46. The third kappa shape index (κ3) is 8.74. The zero-order valence-electron chi connectivity index (χ0n) is 55.1. The Kier molecular flexibility index (Phi) is 12.5. The van der Waals surface area contributed by atoms with Crippen LogP contribution in [-0.4, -0.2) is 18.3 Å². The molecule has 0 aliphatic rings. The first-order valence-corrected chi connectivity index (χ1v) is 36.6. The third-order valence-corrected chi connectivity index (χ3v) is 23.8. The number of hydrogen-bond acceptors (Lipinski definition) is 2. The van der Waals surface area contributed by atoms with Gasteiger partial charge in [-0.2, -0.15) is 0 Å². The Hall–Kier alpha value is -12.8. The SMILES string of the molecule is c1ccc(-c2ccccc2-n2c3ccccc3c3cc(-c4ccc5c(c4)c4ccccc4n5-c4ccc5sc6cc(-c7cccc(-c8cccc(-n9c%10ccccc%10c%10cc(-c%11ccc%12c(c%11)c%11ccccc%11n%12-c%11ccc%12sc%13ccccc%13c%12c%11)ccc%109)c8)c7)ccc6c5c4)ccc32)cc1. The van der Waals surface area contributed by atoms with Crippen LogP contribution in [0.4, 0.5) is 0 Å². The number of thiophene rings is 2. The normalized spacial score (nSPS) is 12.1. The van der Waals surface area contributed by atoms with Gasteiger partial charge in [-0.1, -0.05) is 206 Å². The summed E-state index contributed by atoms with van der Waals surface area (Å²) in [6.07, 6.45) is 0. The van der Waals surface area contributed by atoms with Crippen molar-refractivity contribution >= 4 is 150 Å². The molecular formula is C96H58N4S2. The molecule has 22 rings (SSSR count). The van der Waals surface area contributed by atoms with E-state index in [0.29, 0.717) is 0 Å². The standard InChI is InChI=1S/C96H58N4S2/c1-2-18-59(19-3-1)71-24-4-10-30-84(71)100-88-34-14-8-28-75(88)81-55-66(40-47-92(81)100)65-39-46-91-80(54-65)74-27-7-13-33-87(74)99(91)70-42-49-95-83(58-70)77-43-36-67(56-96(77)102-95)61-21-16-20-60(50-61)62-22-17-23-68(51-62)97-85-31-11-5-25-72(85)78-52-63(37-44-89(78)97)64-38-45-90-79(53-64)73-26-6-12-32-86(73)98(90)69-41-48-94-82(57-69)76-29-9-15-35-93(76)101-94/h1-58H. The lowest BCUT2D eigenvalue weighted by Gasteiger charge is -2.14. The summed E-state index contributed by atoms with van der Waals surface area (Å²) in [5.74, 6) is 0. The Labute approximate surface area is 594 Å². The van der Waals surface area contributed by atoms with Gasteiger partial charge in [-0.3, -0.25) is 0 Å². The van der Waals surface area contributed by atoms with Crippen molar-refractivity contribution in [2.75, 3.05) is 0 Å². The molecule has 6 aromatic heterocycles. The van der Waals surface area contributed by atoms with Gasteiger partial charge in [0.25, 0.3) is 0 Å². The van der Waals surface area contributed by atoms with Crippen molar-refractivity contribution in [2.45, 2.75) is 0 Å². The number of rotatable bonds is 9. The summed E-state index contributed by atoms with van der Waals surface area (Å²) < 4.78 is 15.0. The van der Waals surface area contributed by atoms with E-state index in [-0.39, 0.29) is 0 Å². The highest BCUT2D eigenvalue weighted by atomic mass is 32.1. The van der Waals surface area contributed by atoms with Gasteiger partial charge in [-0.15, -0.1) is 22.7 Å². The summed E-state index contributed by atoms with van der Waals surface area (Å²) in [7, 11) is 0. The lowest BCUT2D eigenvalue weighted by molar-refractivity contribution is 1.18. The Morgan fingerprint density at radius 2 is 0.500 bits per heavy atom. The van der Waals surface area contributed by atoms with Crippen molar-refractivity contribution in [1.29, 1.82) is 0 Å². The van der Waals surface area contributed by atoms with Gasteiger partial charge in [0.2, 0.25) is 0 Å². The summed E-state index contributed by atoms with van der Waals surface area (Å²) in [4.78, 5) is 0. The second-order valence-electron chi connectivity index (χ2n) is 27.1. The van der Waals surface area contributed by atoms with Crippen molar-refractivity contribution < 1.29 is 0 Å². The predicted octanol–water partition coefficient (Wildman–Crippen LogP) is 27.1. The fourth-order valence-electron chi connectivity index (χ4n) is 16.9. The molecule has 4 nitrogen and oxygen atoms in total. The molecule has 0 aliphatic carbocycles. The molecule has 0 bridgehead atoms. The molecule has 6 heteroatoms. The maximum atomic E-state index is 2.46. The summed E-state index contributed by atoms with van der Waals surface area (Å²) >= 11 is 3.74. The minimum atomic E-state index is 1.13. The van der Waals surface area contributed by atoms with E-state index < -0.39 is 0 Å². The van der Waals surface area contributed by atoms with E-state index in [0.717, 1.165) is 11.4 Å². The highest BCUT2D eigenvalue weighted by Crippen LogP contribution is 2.46. The number of hydrogen-bond donors (Lipinski definition) is 0. The molecule has 102 heavy (non-hydrogen) atoms. The van der Waals surface area contributed by atoms with Gasteiger partial charge in [-0.05, 0) is 196 Å². The Balaban J connectivity index is 0.573. The Morgan fingerprint density at radius 1 is 0.157 bits per heavy atom. The van der Waals surface area contributed by atoms with Crippen LogP contribution < -0.4 is 0 Å². The molecule has 22 aromatic rings. The van der Waals surface area contributed by atoms with Gasteiger partial charge < -0.3 is 18.3 Å². The summed E-state index contributed by atoms with van der Waals surface area (Å²) in [5, 5.41) is 15.1. The first-order chi connectivity index (χ1) is 50.5. The molecular weight excluding hydrogens is 1270 g/mol. The Morgan fingerprint density at radius 3 is 1.03 bits per heavy atom. The van der Waals surface area contributed by atoms with Crippen molar-refractivity contribution in [3.63, 3.8) is 0 Å². The fourth-order valence-corrected chi connectivity index (χ4v) is 19.1. The average molecular weight is 1330 g/mol. The number of fused-ring (bicyclic) bond motifs is 18. The van der Waals surface area contributed by atoms with Crippen LogP contribution in [0.2, 0.25) is 0 Å². The van der Waals surface area contributed by atoms with E-state index in [2.05, 4.69) is 370 Å². The second-order valence-corrected chi connectivity index (χ2v) is 29.3. The fraction of sp³-hybridized carbons (Fsp3) is 0. The van der Waals surface area contributed by atoms with E-state index in [1.807, 2.05) is 22.7 Å². The predicted molar refractivity (Wildman–Crippen MR) is 437 cm³/mol. The minimum Gasteiger partial charge on any atom is -0.309 e. The lowest BCUT2D eigenvalue weighted by atomic mass is 9.98. The summed E-state index contributed by atoms with van der Waals surface area (Å²) in [6, 6.07) is 131. The van der Waals surface area contributed by atoms with E-state index in [4.69, 9.17) is 0 Å². The number of nitrogens with zero attached hydrogens (tertiary/aromatic N) is 4. The van der Waals surface area contributed by atoms with Crippen molar-refractivity contribution in [2.24, 2.45) is 0 Å². The number of benzene rings is 16. The van der Waals surface area contributed by atoms with E-state index >= 15 is 0 Å². The van der Waals surface area contributed by atoms with Gasteiger partial charge in [0.1, 0.15) is 0 Å². The average Bonchev–Trinajstić information content (AvgIpc) is 1.59. The van der Waals surface area contributed by atoms with Crippen LogP contribution in [0.15, 0.2) is 352 Å². The molecule has 6 heterocycles. The quantitative estimate of drug-likeness (QED) is 0.137. The molecule has 0 radical (unpaired) electrons. The molecule has 0 saturated carbocycles. The van der Waals surface area contributed by atoms with Crippen LogP contribution in [0.1, 0.15) is 0 Å². The highest BCUT2D eigenvalue weighted by Gasteiger charge is 2.22. The van der Waals surface area contributed by atoms with Crippen molar-refractivity contribution in [3.05, 3.63) is 352 Å². The van der Waals surface area contributed by atoms with Crippen LogP contribution in [0.5, 0.6) is 0 Å². The van der Waals surface area contributed by atoms with E-state index in [1.165, 1.54) is 195 Å². The first-order valence-electron chi connectivity index (χ1n) is 34.9. The lowest BCUT2D eigenvalue weighted by Crippen LogP contribution is -1.97. The monoisotopic (exact) mass is 1330 g/mol. The van der Waals surface area contributed by atoms with Crippen molar-refractivity contribution in [1.82, 2.24) is 18.3 Å². The summed E-state index contributed by atoms with van der Waals surface area (Å²) in [6.45, 7) is 0. The molecule has 0 spiro atoms. The largest absolute Gasteiger partial charge is 0.309 e. The van der Waals surface area contributed by atoms with Gasteiger partial charge in [0, 0.05) is 106 Å². The molecule has 0 N–H and O–H groups in total. The molecule has 16 aromatic carbocycles. The zero-order chi connectivity index (χ0) is 66.7. The number of para-hydroxylation sites is 5. The third-order valence-electron chi connectivity index (χ3n) is 21.6. The number of aromatic nitrogens is 4. The second kappa shape index (κ2) is 22.3. The van der Waals surface area contributed by atoms with Crippen LogP contribution in [-0.2, 0) is 0 Å². The van der Waals surface area contributed by atoms with Crippen LogP contribution in [0.25, 0.3) is 206 Å². The van der Waals surface area contributed by atoms with Crippen LogP contribution in [0, 0.1) is 0 Å². The molecule has 0 atom stereocenters. The highest BCUT2D eigenvalue weighted by molar-refractivity contribution is 7.26. The molecule has 0 unspecified atom stereocenters. The zero-order valence-corrected chi connectivity index (χ0v) is 56.7. The molecule has 0 aliphatic heterocycles. The Bertz CT molecular complexity index is 7270. The van der Waals surface area contributed by atoms with Gasteiger partial charge >= 0.3 is 0 Å². The minimum absolute atomic E-state index is 1.13. The van der Waals surface area contributed by atoms with E-state index in [1.54, 1.807) is 0 Å². The smallest absolute Gasteiger partial charge is 0.0541 e. The molecule has 0 saturated heterocycles. The molecule has 474 valence electrons. The molecule has 0 fully saturated rings. The molecule has 0 amide bonds. The van der Waals surface area contributed by atoms with Gasteiger partial charge in [0.15, 0.2) is 0 Å². The topological polar surface area (TPSA) is 19.7 Å². The van der Waals surface area contributed by atoms with Crippen molar-refractivity contribution in [3.8, 4) is 78.4 Å². The summed E-state index contributed by atoms with van der Waals surface area (Å²) in [5.41, 5.74) is 26.1. The van der Waals surface area contributed by atoms with Gasteiger partial charge in [0.05, 0.1) is 49.8 Å². The first kappa shape index (κ1) is 57.1. The van der Waals surface area contributed by atoms with Crippen LogP contribution in [0.3, 0.4) is 0 Å². The van der Waals surface area contributed by atoms with E-state index in [9.17, 15) is 0 Å². The van der Waals surface area contributed by atoms with Gasteiger partial charge in [-0.25, -0.2) is 0 Å². The maximum Gasteiger partial charge on any atom is 0.0541 e. The van der Waals surface area contributed by atoms with Crippen LogP contribution >= 0.6 is 22.7 Å².